The van der Waals surface area contributed by atoms with Gasteiger partial charge in [0.05, 0.1) is 9.82 Å². The Morgan fingerprint density at radius 1 is 1.14 bits per heavy atom. The van der Waals surface area contributed by atoms with E-state index < -0.39 is 30.9 Å². The van der Waals surface area contributed by atoms with Crippen molar-refractivity contribution in [2.45, 2.75) is 55.1 Å². The number of nitro groups is 1. The number of sulfone groups is 1. The molecule has 0 radical (unpaired) electrons. The van der Waals surface area contributed by atoms with Crippen LogP contribution in [0.1, 0.15) is 32.6 Å². The van der Waals surface area contributed by atoms with E-state index in [1.807, 2.05) is 0 Å². The topological polar surface area (TPSA) is 83.8 Å². The molecule has 1 atom stereocenters. The fourth-order valence-corrected chi connectivity index (χ4v) is 4.94. The van der Waals surface area contributed by atoms with Crippen molar-refractivity contribution in [1.82, 2.24) is 4.90 Å². The van der Waals surface area contributed by atoms with Gasteiger partial charge in [-0.05, 0) is 51.3 Å². The monoisotopic (exact) mass is 421 g/mol. The molecule has 156 valence electrons. The number of alkyl halides is 3. The SMILES string of the molecule is CC1CCCN1C1CCN(c2ccc(S(=O)(=O)C(F)(F)F)cc2[N+](=O)[O-])CC1. The third-order valence-corrected chi connectivity index (χ3v) is 7.12. The maximum Gasteiger partial charge on any atom is 0.501 e. The standard InChI is InChI=1S/C17H22F3N3O4S/c1-12-3-2-8-22(12)13-6-9-21(10-7-13)15-5-4-14(11-16(15)23(24)25)28(26,27)17(18,19)20/h4-5,11-13H,2-3,6-10H2,1H3. The first-order chi connectivity index (χ1) is 13.0. The van der Waals surface area contributed by atoms with Gasteiger partial charge in [0.25, 0.3) is 15.5 Å². The summed E-state index contributed by atoms with van der Waals surface area (Å²) in [5.41, 5.74) is -5.98. The fourth-order valence-electron chi connectivity index (χ4n) is 4.15. The fraction of sp³-hybridized carbons (Fsp3) is 0.647. The molecule has 0 N–H and O–H groups in total. The van der Waals surface area contributed by atoms with Crippen LogP contribution in [0.3, 0.4) is 0 Å². The zero-order chi connectivity index (χ0) is 20.7. The van der Waals surface area contributed by atoms with Gasteiger partial charge in [0.1, 0.15) is 5.69 Å². The third-order valence-electron chi connectivity index (χ3n) is 5.64. The van der Waals surface area contributed by atoms with Crippen LogP contribution in [0.2, 0.25) is 0 Å². The Balaban J connectivity index is 1.82. The van der Waals surface area contributed by atoms with E-state index in [4.69, 9.17) is 0 Å². The lowest BCUT2D eigenvalue weighted by Crippen LogP contribution is -2.46. The van der Waals surface area contributed by atoms with Crippen molar-refractivity contribution in [3.63, 3.8) is 0 Å². The molecule has 11 heteroatoms. The highest BCUT2D eigenvalue weighted by Crippen LogP contribution is 2.37. The number of hydrogen-bond donors (Lipinski definition) is 0. The van der Waals surface area contributed by atoms with Crippen molar-refractivity contribution in [1.29, 1.82) is 0 Å². The number of piperidine rings is 1. The van der Waals surface area contributed by atoms with Gasteiger partial charge in [-0.2, -0.15) is 13.2 Å². The first-order valence-electron chi connectivity index (χ1n) is 9.13. The summed E-state index contributed by atoms with van der Waals surface area (Å²) < 4.78 is 61.4. The molecule has 2 aliphatic heterocycles. The molecular formula is C17H22F3N3O4S. The lowest BCUT2D eigenvalue weighted by molar-refractivity contribution is -0.384. The molecule has 7 nitrogen and oxygen atoms in total. The molecule has 2 heterocycles. The molecule has 1 aromatic carbocycles. The second kappa shape index (κ2) is 7.51. The van der Waals surface area contributed by atoms with Crippen molar-refractivity contribution in [2.75, 3.05) is 24.5 Å². The van der Waals surface area contributed by atoms with Gasteiger partial charge in [-0.25, -0.2) is 8.42 Å². The van der Waals surface area contributed by atoms with Crippen LogP contribution in [-0.2, 0) is 9.84 Å². The summed E-state index contributed by atoms with van der Waals surface area (Å²) in [5.74, 6) is 0. The van der Waals surface area contributed by atoms with Gasteiger partial charge < -0.3 is 4.90 Å². The maximum atomic E-state index is 12.8. The van der Waals surface area contributed by atoms with E-state index in [1.54, 1.807) is 4.90 Å². The number of hydrogen-bond acceptors (Lipinski definition) is 6. The molecule has 0 amide bonds. The molecule has 1 unspecified atom stereocenters. The van der Waals surface area contributed by atoms with Crippen LogP contribution in [0.15, 0.2) is 23.1 Å². The number of nitrogens with zero attached hydrogens (tertiary/aromatic N) is 3. The van der Waals surface area contributed by atoms with E-state index in [-0.39, 0.29) is 5.69 Å². The van der Waals surface area contributed by atoms with Crippen molar-refractivity contribution >= 4 is 21.2 Å². The van der Waals surface area contributed by atoms with Gasteiger partial charge in [-0.15, -0.1) is 0 Å². The Morgan fingerprint density at radius 3 is 2.29 bits per heavy atom. The van der Waals surface area contributed by atoms with Crippen LogP contribution in [0.5, 0.6) is 0 Å². The molecule has 3 rings (SSSR count). The molecule has 2 saturated heterocycles. The van der Waals surface area contributed by atoms with E-state index in [0.29, 0.717) is 31.2 Å². The Hall–Kier alpha value is -1.88. The molecule has 0 saturated carbocycles. The van der Waals surface area contributed by atoms with Crippen molar-refractivity contribution < 1.29 is 26.5 Å². The van der Waals surface area contributed by atoms with Crippen molar-refractivity contribution in [3.8, 4) is 0 Å². The smallest absolute Gasteiger partial charge is 0.366 e. The summed E-state index contributed by atoms with van der Waals surface area (Å²) in [6, 6.07) is 3.30. The highest BCUT2D eigenvalue weighted by atomic mass is 32.2. The molecule has 2 fully saturated rings. The number of likely N-dealkylation sites (tertiary alicyclic amines) is 1. The number of rotatable bonds is 4. The molecule has 0 aliphatic carbocycles. The van der Waals surface area contributed by atoms with E-state index in [1.165, 1.54) is 0 Å². The molecular weight excluding hydrogens is 399 g/mol. The highest BCUT2D eigenvalue weighted by molar-refractivity contribution is 7.92. The van der Waals surface area contributed by atoms with Crippen LogP contribution in [0.25, 0.3) is 0 Å². The second-order valence-corrected chi connectivity index (χ2v) is 9.25. The molecule has 2 aliphatic rings. The Kier molecular flexibility index (Phi) is 5.59. The summed E-state index contributed by atoms with van der Waals surface area (Å²) in [7, 11) is -5.64. The zero-order valence-electron chi connectivity index (χ0n) is 15.4. The molecule has 28 heavy (non-hydrogen) atoms. The Labute approximate surface area is 161 Å². The van der Waals surface area contributed by atoms with Gasteiger partial charge in [-0.3, -0.25) is 15.0 Å². The lowest BCUT2D eigenvalue weighted by Gasteiger charge is -2.39. The predicted molar refractivity (Wildman–Crippen MR) is 97.0 cm³/mol. The van der Waals surface area contributed by atoms with Gasteiger partial charge in [0.2, 0.25) is 0 Å². The minimum atomic E-state index is -5.64. The van der Waals surface area contributed by atoms with Crippen LogP contribution in [0, 0.1) is 10.1 Å². The molecule has 0 aromatic heterocycles. The Morgan fingerprint density at radius 2 is 1.79 bits per heavy atom. The summed E-state index contributed by atoms with van der Waals surface area (Å²) >= 11 is 0. The molecule has 0 bridgehead atoms. The maximum absolute atomic E-state index is 12.8. The van der Waals surface area contributed by atoms with Crippen molar-refractivity contribution in [3.05, 3.63) is 28.3 Å². The summed E-state index contributed by atoms with van der Waals surface area (Å²) in [6.45, 7) is 4.28. The average molecular weight is 421 g/mol. The van der Waals surface area contributed by atoms with Gasteiger partial charge in [0, 0.05) is 31.2 Å². The highest BCUT2D eigenvalue weighted by Gasteiger charge is 2.47. The van der Waals surface area contributed by atoms with E-state index >= 15 is 0 Å². The Bertz CT molecular complexity index is 852. The molecule has 1 aromatic rings. The van der Waals surface area contributed by atoms with E-state index in [0.717, 1.165) is 44.4 Å². The van der Waals surface area contributed by atoms with E-state index in [9.17, 15) is 31.7 Å². The number of nitro benzene ring substituents is 1. The van der Waals surface area contributed by atoms with E-state index in [2.05, 4.69) is 11.8 Å². The van der Waals surface area contributed by atoms with Crippen molar-refractivity contribution in [2.24, 2.45) is 0 Å². The zero-order valence-corrected chi connectivity index (χ0v) is 16.2. The van der Waals surface area contributed by atoms with Crippen LogP contribution in [-0.4, -0.2) is 55.5 Å². The normalized spacial score (nSPS) is 22.6. The quantitative estimate of drug-likeness (QED) is 0.548. The van der Waals surface area contributed by atoms with Gasteiger partial charge >= 0.3 is 5.51 Å². The van der Waals surface area contributed by atoms with Crippen LogP contribution < -0.4 is 4.90 Å². The first kappa shape index (κ1) is 20.8. The minimum absolute atomic E-state index is 0.152. The van der Waals surface area contributed by atoms with Gasteiger partial charge in [-0.1, -0.05) is 0 Å². The predicted octanol–water partition coefficient (Wildman–Crippen LogP) is 3.34. The average Bonchev–Trinajstić information content (AvgIpc) is 3.06. The summed E-state index contributed by atoms with van der Waals surface area (Å²) in [5, 5.41) is 11.4. The summed E-state index contributed by atoms with van der Waals surface area (Å²) in [4.78, 5) is 13.7. The molecule has 0 spiro atoms. The van der Waals surface area contributed by atoms with Gasteiger partial charge in [0.15, 0.2) is 0 Å². The third kappa shape index (κ3) is 3.82. The second-order valence-electron chi connectivity index (χ2n) is 7.30. The van der Waals surface area contributed by atoms with Crippen LogP contribution in [0.4, 0.5) is 24.5 Å². The largest absolute Gasteiger partial charge is 0.501 e. The lowest BCUT2D eigenvalue weighted by atomic mass is 10.0. The number of halogens is 3. The minimum Gasteiger partial charge on any atom is -0.366 e. The summed E-state index contributed by atoms with van der Waals surface area (Å²) in [6.07, 6.45) is 3.90. The number of benzene rings is 1. The van der Waals surface area contributed by atoms with Crippen LogP contribution >= 0.6 is 0 Å². The first-order valence-corrected chi connectivity index (χ1v) is 10.6. The number of anilines is 1.